The third kappa shape index (κ3) is 5.05. The molecule has 0 saturated carbocycles. The normalized spacial score (nSPS) is 17.1. The number of phenolic OH excluding ortho intramolecular Hbond substituents is 2. The van der Waals surface area contributed by atoms with Crippen LogP contribution in [0.5, 0.6) is 11.5 Å². The molecule has 2 aromatic heterocycles. The van der Waals surface area contributed by atoms with E-state index in [1.807, 2.05) is 72.8 Å². The van der Waals surface area contributed by atoms with Crippen LogP contribution in [-0.2, 0) is 9.59 Å². The van der Waals surface area contributed by atoms with Gasteiger partial charge in [-0.15, -0.1) is 23.2 Å². The molecule has 2 aliphatic heterocycles. The number of carbonyl (C=O) groups is 2. The van der Waals surface area contributed by atoms with Gasteiger partial charge in [-0.05, 0) is 46.5 Å². The Balaban J connectivity index is 0.935. The van der Waals surface area contributed by atoms with E-state index in [-0.39, 0.29) is 35.1 Å². The van der Waals surface area contributed by atoms with E-state index in [4.69, 9.17) is 23.2 Å². The van der Waals surface area contributed by atoms with Crippen molar-refractivity contribution in [2.24, 2.45) is 0 Å². The predicted octanol–water partition coefficient (Wildman–Crippen LogP) is 9.13. The Labute approximate surface area is 308 Å². The number of hydrogen-bond donors (Lipinski definition) is 4. The number of aromatic amines is 2. The van der Waals surface area contributed by atoms with Crippen molar-refractivity contribution in [3.63, 3.8) is 0 Å². The average molecular weight is 728 g/mol. The van der Waals surface area contributed by atoms with E-state index in [1.54, 1.807) is 34.1 Å². The zero-order valence-corrected chi connectivity index (χ0v) is 29.2. The van der Waals surface area contributed by atoms with E-state index >= 15 is 0 Å². The fraction of sp³-hybridized carbons (Fsp3) is 0.143. The lowest BCUT2D eigenvalue weighted by Gasteiger charge is -2.16. The SMILES string of the molecule is O=C(/C=C/c1ccc(/C=C/C(=O)N2C[C@H](CCl)c3c2cc(O)c2[nH]c4ccccc4c32)cc1)N1C[C@@H](CCl)c2c1cc(O)c1[nH]c3ccccc3c21. The maximum Gasteiger partial charge on any atom is 0.251 e. The standard InChI is InChI=1S/C42H32Cl2N4O4/c43-19-25-21-47(31-17-33(49)41-39(37(25)31)27-5-1-3-7-29(27)45-41)35(51)15-13-23-9-11-24(12-10-23)14-16-36(52)48-22-26(20-44)38-32(48)18-34(50)42-40(38)28-6-2-4-8-30(28)46-42/h1-18,25-26,45-46,49-50H,19-22H2/b15-13+,16-14+/t25-,26+. The number of alkyl halides is 2. The zero-order chi connectivity index (χ0) is 35.7. The van der Waals surface area contributed by atoms with Gasteiger partial charge in [-0.2, -0.15) is 0 Å². The predicted molar refractivity (Wildman–Crippen MR) is 211 cm³/mol. The highest BCUT2D eigenvalue weighted by atomic mass is 35.5. The maximum absolute atomic E-state index is 13.6. The minimum atomic E-state index is -0.209. The summed E-state index contributed by atoms with van der Waals surface area (Å²) < 4.78 is 0. The van der Waals surface area contributed by atoms with Crippen molar-refractivity contribution < 1.29 is 19.8 Å². The van der Waals surface area contributed by atoms with Gasteiger partial charge in [-0.3, -0.25) is 9.59 Å². The van der Waals surface area contributed by atoms with Gasteiger partial charge in [0, 0.05) is 93.5 Å². The number of nitrogens with zero attached hydrogens (tertiary/aromatic N) is 2. The molecule has 258 valence electrons. The number of hydrogen-bond acceptors (Lipinski definition) is 4. The molecule has 0 spiro atoms. The van der Waals surface area contributed by atoms with Gasteiger partial charge in [-0.25, -0.2) is 0 Å². The Kier molecular flexibility index (Phi) is 7.75. The summed E-state index contributed by atoms with van der Waals surface area (Å²) in [7, 11) is 0. The van der Waals surface area contributed by atoms with Crippen LogP contribution in [0.25, 0.3) is 55.8 Å². The van der Waals surface area contributed by atoms with Gasteiger partial charge in [0.2, 0.25) is 0 Å². The number of H-pyrrole nitrogens is 2. The second kappa shape index (κ2) is 12.5. The molecular formula is C42H32Cl2N4O4. The van der Waals surface area contributed by atoms with Crippen molar-refractivity contribution >= 4 is 102 Å². The molecule has 4 heterocycles. The Bertz CT molecular complexity index is 2470. The molecule has 4 N–H and O–H groups in total. The van der Waals surface area contributed by atoms with Crippen LogP contribution in [-0.4, -0.2) is 56.8 Å². The summed E-state index contributed by atoms with van der Waals surface area (Å²) in [5.74, 6) is 0.262. The summed E-state index contributed by atoms with van der Waals surface area (Å²) in [6, 6.07) is 26.6. The molecule has 9 rings (SSSR count). The lowest BCUT2D eigenvalue weighted by atomic mass is 9.96. The molecule has 10 heteroatoms. The smallest absolute Gasteiger partial charge is 0.251 e. The number of phenols is 2. The van der Waals surface area contributed by atoms with Gasteiger partial charge in [0.1, 0.15) is 11.5 Å². The quantitative estimate of drug-likeness (QED) is 0.101. The van der Waals surface area contributed by atoms with Crippen LogP contribution in [0.2, 0.25) is 0 Å². The van der Waals surface area contributed by atoms with Crippen molar-refractivity contribution in [1.29, 1.82) is 0 Å². The highest BCUT2D eigenvalue weighted by Crippen LogP contribution is 2.49. The number of amides is 2. The van der Waals surface area contributed by atoms with Crippen LogP contribution in [0.1, 0.15) is 34.1 Å². The van der Waals surface area contributed by atoms with Crippen molar-refractivity contribution in [1.82, 2.24) is 9.97 Å². The first-order chi connectivity index (χ1) is 25.3. The van der Waals surface area contributed by atoms with Gasteiger partial charge in [0.25, 0.3) is 11.8 Å². The Morgan fingerprint density at radius 2 is 1.06 bits per heavy atom. The van der Waals surface area contributed by atoms with E-state index in [0.717, 1.165) is 54.8 Å². The van der Waals surface area contributed by atoms with Crippen molar-refractivity contribution in [3.05, 3.63) is 119 Å². The highest BCUT2D eigenvalue weighted by Gasteiger charge is 2.36. The summed E-state index contributed by atoms with van der Waals surface area (Å²) >= 11 is 12.9. The van der Waals surface area contributed by atoms with Crippen molar-refractivity contribution in [2.75, 3.05) is 34.6 Å². The highest BCUT2D eigenvalue weighted by molar-refractivity contribution is 6.22. The topological polar surface area (TPSA) is 113 Å². The van der Waals surface area contributed by atoms with Crippen LogP contribution in [0.3, 0.4) is 0 Å². The van der Waals surface area contributed by atoms with E-state index in [1.165, 1.54) is 12.2 Å². The average Bonchev–Trinajstić information content (AvgIpc) is 3.93. The third-order valence-corrected chi connectivity index (χ3v) is 11.2. The summed E-state index contributed by atoms with van der Waals surface area (Å²) in [6.07, 6.45) is 6.57. The van der Waals surface area contributed by atoms with Crippen molar-refractivity contribution in [3.8, 4) is 11.5 Å². The first-order valence-corrected chi connectivity index (χ1v) is 18.1. The molecule has 0 fully saturated rings. The van der Waals surface area contributed by atoms with E-state index in [2.05, 4.69) is 9.97 Å². The molecule has 8 nitrogen and oxygen atoms in total. The number of rotatable bonds is 6. The van der Waals surface area contributed by atoms with E-state index in [0.29, 0.717) is 47.3 Å². The summed E-state index contributed by atoms with van der Waals surface area (Å²) in [4.78, 5) is 37.1. The molecule has 2 amide bonds. The molecule has 0 radical (unpaired) electrons. The lowest BCUT2D eigenvalue weighted by molar-refractivity contribution is -0.114. The molecule has 7 aromatic rings. The molecule has 52 heavy (non-hydrogen) atoms. The zero-order valence-electron chi connectivity index (χ0n) is 27.7. The monoisotopic (exact) mass is 726 g/mol. The van der Waals surface area contributed by atoms with Crippen LogP contribution >= 0.6 is 23.2 Å². The van der Waals surface area contributed by atoms with Gasteiger partial charge in [0.15, 0.2) is 0 Å². The molecule has 5 aromatic carbocycles. The fourth-order valence-corrected chi connectivity index (χ4v) is 8.54. The molecule has 0 aliphatic carbocycles. The molecule has 2 aliphatic rings. The minimum Gasteiger partial charge on any atom is -0.506 e. The number of aromatic nitrogens is 2. The van der Waals surface area contributed by atoms with Crippen molar-refractivity contribution in [2.45, 2.75) is 11.8 Å². The molecule has 0 unspecified atom stereocenters. The van der Waals surface area contributed by atoms with E-state index in [9.17, 15) is 19.8 Å². The summed E-state index contributed by atoms with van der Waals surface area (Å²) in [5, 5.41) is 25.7. The first kappa shape index (κ1) is 32.2. The first-order valence-electron chi connectivity index (χ1n) is 17.1. The Morgan fingerprint density at radius 1 is 0.654 bits per heavy atom. The summed E-state index contributed by atoms with van der Waals surface area (Å²) in [6.45, 7) is 0.828. The Morgan fingerprint density at radius 3 is 1.46 bits per heavy atom. The number of fused-ring (bicyclic) bond motifs is 10. The number of halogens is 2. The number of benzene rings is 5. The second-order valence-corrected chi connectivity index (χ2v) is 14.0. The van der Waals surface area contributed by atoms with Gasteiger partial charge in [0.05, 0.1) is 22.4 Å². The number of anilines is 2. The van der Waals surface area contributed by atoms with Crippen LogP contribution in [0.15, 0.2) is 97.1 Å². The maximum atomic E-state index is 13.6. The van der Waals surface area contributed by atoms with Gasteiger partial charge >= 0.3 is 0 Å². The number of nitrogens with one attached hydrogen (secondary N) is 2. The van der Waals surface area contributed by atoms with Crippen LogP contribution in [0.4, 0.5) is 11.4 Å². The minimum absolute atomic E-state index is 0.0832. The summed E-state index contributed by atoms with van der Waals surface area (Å²) in [5.41, 5.74) is 8.01. The third-order valence-electron chi connectivity index (χ3n) is 10.4. The molecule has 0 bridgehead atoms. The molecule has 2 atom stereocenters. The fourth-order valence-electron chi connectivity index (χ4n) is 8.04. The number of para-hydroxylation sites is 2. The van der Waals surface area contributed by atoms with Crippen LogP contribution in [0, 0.1) is 0 Å². The van der Waals surface area contributed by atoms with Gasteiger partial charge < -0.3 is 30.0 Å². The lowest BCUT2D eigenvalue weighted by Crippen LogP contribution is -2.28. The largest absolute Gasteiger partial charge is 0.506 e. The van der Waals surface area contributed by atoms with Gasteiger partial charge in [-0.1, -0.05) is 60.7 Å². The molecule has 0 saturated heterocycles. The Hall–Kier alpha value is -5.70. The molecular weight excluding hydrogens is 695 g/mol. The number of carbonyl (C=O) groups excluding carboxylic acids is 2. The number of aromatic hydroxyl groups is 2. The second-order valence-electron chi connectivity index (χ2n) is 13.4. The van der Waals surface area contributed by atoms with E-state index < -0.39 is 0 Å². The van der Waals surface area contributed by atoms with Crippen LogP contribution < -0.4 is 9.80 Å².